The zero-order valence-electron chi connectivity index (χ0n) is 12.0. The summed E-state index contributed by atoms with van der Waals surface area (Å²) in [6, 6.07) is -0.0498. The van der Waals surface area contributed by atoms with E-state index >= 15 is 0 Å². The Balaban J connectivity index is 1.99. The van der Waals surface area contributed by atoms with Crippen molar-refractivity contribution >= 4 is 0 Å². The van der Waals surface area contributed by atoms with Crippen LogP contribution in [-0.2, 0) is 0 Å². The average molecular weight is 263 g/mol. The number of hydrogen-bond donors (Lipinski definition) is 1. The summed E-state index contributed by atoms with van der Waals surface area (Å²) in [5, 5.41) is 0. The van der Waals surface area contributed by atoms with E-state index in [4.69, 9.17) is 10.5 Å². The second kappa shape index (κ2) is 6.85. The fraction of sp³-hybridized carbons (Fsp3) is 0.733. The molecule has 19 heavy (non-hydrogen) atoms. The molecule has 2 N–H and O–H groups in total. The Labute approximate surface area is 115 Å². The number of hydrogen-bond acceptors (Lipinski definition) is 4. The molecular weight excluding hydrogens is 238 g/mol. The van der Waals surface area contributed by atoms with Crippen molar-refractivity contribution in [1.82, 2.24) is 9.97 Å². The lowest BCUT2D eigenvalue weighted by Crippen LogP contribution is -2.27. The minimum atomic E-state index is -0.0498. The van der Waals surface area contributed by atoms with Gasteiger partial charge in [-0.1, -0.05) is 32.6 Å². The van der Waals surface area contributed by atoms with Crippen LogP contribution in [0.3, 0.4) is 0 Å². The molecular formula is C15H25N3O. The fourth-order valence-corrected chi connectivity index (χ4v) is 3.19. The molecule has 2 rings (SSSR count). The second-order valence-electron chi connectivity index (χ2n) is 5.55. The molecule has 1 unspecified atom stereocenters. The SMILES string of the molecule is CCCC1CCC(C(N)c2nccnc2OC)CC1. The summed E-state index contributed by atoms with van der Waals surface area (Å²) >= 11 is 0. The number of nitrogens with zero attached hydrogens (tertiary/aromatic N) is 2. The van der Waals surface area contributed by atoms with E-state index in [-0.39, 0.29) is 6.04 Å². The highest BCUT2D eigenvalue weighted by Crippen LogP contribution is 2.38. The molecule has 0 saturated heterocycles. The highest BCUT2D eigenvalue weighted by molar-refractivity contribution is 5.21. The first-order valence-corrected chi connectivity index (χ1v) is 7.36. The van der Waals surface area contributed by atoms with Crippen LogP contribution in [0.4, 0.5) is 0 Å². The van der Waals surface area contributed by atoms with Gasteiger partial charge in [0.25, 0.3) is 0 Å². The van der Waals surface area contributed by atoms with Crippen LogP contribution < -0.4 is 10.5 Å². The van der Waals surface area contributed by atoms with Crippen molar-refractivity contribution in [3.05, 3.63) is 18.1 Å². The van der Waals surface area contributed by atoms with E-state index in [1.807, 2.05) is 0 Å². The number of aromatic nitrogens is 2. The van der Waals surface area contributed by atoms with Gasteiger partial charge < -0.3 is 10.5 Å². The molecule has 0 bridgehead atoms. The van der Waals surface area contributed by atoms with Crippen LogP contribution in [0.15, 0.2) is 12.4 Å². The molecule has 0 radical (unpaired) electrons. The maximum Gasteiger partial charge on any atom is 0.236 e. The quantitative estimate of drug-likeness (QED) is 0.886. The molecule has 106 valence electrons. The van der Waals surface area contributed by atoms with Crippen molar-refractivity contribution in [3.8, 4) is 5.88 Å². The van der Waals surface area contributed by atoms with Crippen molar-refractivity contribution in [2.45, 2.75) is 51.5 Å². The van der Waals surface area contributed by atoms with Gasteiger partial charge >= 0.3 is 0 Å². The Bertz CT molecular complexity index is 389. The summed E-state index contributed by atoms with van der Waals surface area (Å²) < 4.78 is 5.26. The van der Waals surface area contributed by atoms with Gasteiger partial charge in [0.05, 0.1) is 13.2 Å². The third kappa shape index (κ3) is 3.44. The number of nitrogens with two attached hydrogens (primary N) is 1. The molecule has 1 aromatic rings. The number of methoxy groups -OCH3 is 1. The van der Waals surface area contributed by atoms with Gasteiger partial charge in [0, 0.05) is 12.4 Å². The van der Waals surface area contributed by atoms with E-state index in [1.165, 1.54) is 38.5 Å². The first-order chi connectivity index (χ1) is 9.26. The summed E-state index contributed by atoms with van der Waals surface area (Å²) in [5.74, 6) is 1.99. The number of ether oxygens (including phenoxy) is 1. The Morgan fingerprint density at radius 2 is 1.95 bits per heavy atom. The summed E-state index contributed by atoms with van der Waals surface area (Å²) in [4.78, 5) is 8.56. The van der Waals surface area contributed by atoms with Gasteiger partial charge in [-0.15, -0.1) is 0 Å². The zero-order chi connectivity index (χ0) is 13.7. The van der Waals surface area contributed by atoms with Gasteiger partial charge in [0.1, 0.15) is 5.69 Å². The molecule has 0 aromatic carbocycles. The third-order valence-corrected chi connectivity index (χ3v) is 4.30. The van der Waals surface area contributed by atoms with E-state index in [0.717, 1.165) is 11.6 Å². The molecule has 0 amide bonds. The van der Waals surface area contributed by atoms with Gasteiger partial charge in [-0.2, -0.15) is 0 Å². The van der Waals surface area contributed by atoms with Crippen LogP contribution in [0.5, 0.6) is 5.88 Å². The Hall–Kier alpha value is -1.16. The summed E-state index contributed by atoms with van der Waals surface area (Å²) in [5.41, 5.74) is 7.19. The van der Waals surface area contributed by atoms with Gasteiger partial charge in [0.2, 0.25) is 5.88 Å². The molecule has 1 atom stereocenters. The maximum atomic E-state index is 6.38. The lowest BCUT2D eigenvalue weighted by molar-refractivity contribution is 0.229. The summed E-state index contributed by atoms with van der Waals surface area (Å²) in [7, 11) is 1.62. The first-order valence-electron chi connectivity index (χ1n) is 7.36. The van der Waals surface area contributed by atoms with Gasteiger partial charge in [-0.3, -0.25) is 4.98 Å². The van der Waals surface area contributed by atoms with Crippen molar-refractivity contribution < 1.29 is 4.74 Å². The van der Waals surface area contributed by atoms with E-state index in [1.54, 1.807) is 19.5 Å². The van der Waals surface area contributed by atoms with Crippen molar-refractivity contribution in [2.75, 3.05) is 7.11 Å². The monoisotopic (exact) mass is 263 g/mol. The van der Waals surface area contributed by atoms with E-state index in [2.05, 4.69) is 16.9 Å². The van der Waals surface area contributed by atoms with Crippen molar-refractivity contribution in [3.63, 3.8) is 0 Å². The minimum Gasteiger partial charge on any atom is -0.480 e. The topological polar surface area (TPSA) is 61.0 Å². The highest BCUT2D eigenvalue weighted by Gasteiger charge is 2.28. The van der Waals surface area contributed by atoms with Crippen molar-refractivity contribution in [2.24, 2.45) is 17.6 Å². The normalized spacial score (nSPS) is 25.0. The van der Waals surface area contributed by atoms with Crippen LogP contribution in [0.25, 0.3) is 0 Å². The average Bonchev–Trinajstić information content (AvgIpc) is 2.47. The number of rotatable bonds is 5. The Morgan fingerprint density at radius 1 is 1.26 bits per heavy atom. The third-order valence-electron chi connectivity index (χ3n) is 4.30. The molecule has 1 fully saturated rings. The van der Waals surface area contributed by atoms with Crippen LogP contribution >= 0.6 is 0 Å². The first kappa shape index (κ1) is 14.3. The standard InChI is InChI=1S/C15H25N3O/c1-3-4-11-5-7-12(8-6-11)13(16)14-15(19-2)18-10-9-17-14/h9-13H,3-8,16H2,1-2H3. The largest absolute Gasteiger partial charge is 0.480 e. The van der Waals surface area contributed by atoms with E-state index in [0.29, 0.717) is 11.8 Å². The van der Waals surface area contributed by atoms with E-state index in [9.17, 15) is 0 Å². The smallest absolute Gasteiger partial charge is 0.236 e. The molecule has 1 heterocycles. The van der Waals surface area contributed by atoms with Crippen molar-refractivity contribution in [1.29, 1.82) is 0 Å². The molecule has 4 heteroatoms. The van der Waals surface area contributed by atoms with E-state index < -0.39 is 0 Å². The molecule has 1 aliphatic carbocycles. The second-order valence-corrected chi connectivity index (χ2v) is 5.55. The lowest BCUT2D eigenvalue weighted by Gasteiger charge is -2.32. The predicted octanol–water partition coefficient (Wildman–Crippen LogP) is 3.09. The molecule has 1 aliphatic rings. The maximum absolute atomic E-state index is 6.38. The minimum absolute atomic E-state index is 0.0498. The molecule has 0 aliphatic heterocycles. The van der Waals surface area contributed by atoms with Crippen LogP contribution in [0.2, 0.25) is 0 Å². The van der Waals surface area contributed by atoms with Crippen LogP contribution in [0.1, 0.15) is 57.2 Å². The Morgan fingerprint density at radius 3 is 2.58 bits per heavy atom. The van der Waals surface area contributed by atoms with Gasteiger partial charge in [0.15, 0.2) is 0 Å². The van der Waals surface area contributed by atoms with Gasteiger partial charge in [-0.05, 0) is 24.7 Å². The molecule has 4 nitrogen and oxygen atoms in total. The molecule has 1 saturated carbocycles. The predicted molar refractivity (Wildman–Crippen MR) is 75.9 cm³/mol. The van der Waals surface area contributed by atoms with Crippen LogP contribution in [-0.4, -0.2) is 17.1 Å². The zero-order valence-corrected chi connectivity index (χ0v) is 12.0. The van der Waals surface area contributed by atoms with Gasteiger partial charge in [-0.25, -0.2) is 4.98 Å². The highest BCUT2D eigenvalue weighted by atomic mass is 16.5. The van der Waals surface area contributed by atoms with Crippen LogP contribution in [0, 0.1) is 11.8 Å². The summed E-state index contributed by atoms with van der Waals surface area (Å²) in [6.45, 7) is 2.27. The lowest BCUT2D eigenvalue weighted by atomic mass is 9.76. The fourth-order valence-electron chi connectivity index (χ4n) is 3.19. The Kier molecular flexibility index (Phi) is 5.14. The molecule has 0 spiro atoms. The summed E-state index contributed by atoms with van der Waals surface area (Å²) in [6.07, 6.45) is 11.0. The molecule has 1 aromatic heterocycles.